The first kappa shape index (κ1) is 12.3. The number of hydrogen-bond donors (Lipinski definition) is 2. The second kappa shape index (κ2) is 4.81. The summed E-state index contributed by atoms with van der Waals surface area (Å²) in [6.07, 6.45) is 2.95. The number of carbonyl (C=O) groups is 2. The van der Waals surface area contributed by atoms with Crippen LogP contribution in [0, 0.1) is 0 Å². The highest BCUT2D eigenvalue weighted by Gasteiger charge is 2.16. The van der Waals surface area contributed by atoms with Gasteiger partial charge in [0.2, 0.25) is 5.91 Å². The molecular formula is C11H10ClNO3. The molecule has 0 spiro atoms. The maximum absolute atomic E-state index is 11.1. The normalized spacial score (nSPS) is 13.1. The molecule has 1 aliphatic heterocycles. The number of hydrogen-bond acceptors (Lipinski definition) is 2. The van der Waals surface area contributed by atoms with Crippen LogP contribution in [0.25, 0.3) is 6.08 Å². The topological polar surface area (TPSA) is 66.4 Å². The lowest BCUT2D eigenvalue weighted by Crippen LogP contribution is -2.03. The number of carboxylic acid groups (broad SMARTS) is 1. The van der Waals surface area contributed by atoms with Crippen molar-refractivity contribution in [2.75, 3.05) is 5.32 Å². The summed E-state index contributed by atoms with van der Waals surface area (Å²) in [7, 11) is 0. The smallest absolute Gasteiger partial charge is 0.328 e. The van der Waals surface area contributed by atoms with Gasteiger partial charge in [-0.15, -0.1) is 12.4 Å². The van der Waals surface area contributed by atoms with E-state index in [0.717, 1.165) is 22.9 Å². The third-order valence-electron chi connectivity index (χ3n) is 2.17. The molecule has 2 rings (SSSR count). The molecule has 0 atom stereocenters. The van der Waals surface area contributed by atoms with Gasteiger partial charge >= 0.3 is 5.97 Å². The van der Waals surface area contributed by atoms with Gasteiger partial charge in [0.05, 0.1) is 6.42 Å². The SMILES string of the molecule is Cl.O=C(O)C=Cc1ccc2c(c1)CC(=O)N2. The number of halogens is 1. The number of aliphatic carboxylic acids is 1. The largest absolute Gasteiger partial charge is 0.478 e. The Kier molecular flexibility index (Phi) is 3.68. The van der Waals surface area contributed by atoms with E-state index < -0.39 is 5.97 Å². The molecule has 84 valence electrons. The lowest BCUT2D eigenvalue weighted by atomic mass is 10.1. The van der Waals surface area contributed by atoms with E-state index in [1.165, 1.54) is 6.08 Å². The molecule has 1 aromatic rings. The van der Waals surface area contributed by atoms with Crippen LogP contribution in [0.2, 0.25) is 0 Å². The summed E-state index contributed by atoms with van der Waals surface area (Å²) in [5, 5.41) is 11.2. The Morgan fingerprint density at radius 3 is 2.88 bits per heavy atom. The Morgan fingerprint density at radius 1 is 1.44 bits per heavy atom. The molecule has 1 amide bonds. The van der Waals surface area contributed by atoms with Crippen LogP contribution in [-0.4, -0.2) is 17.0 Å². The quantitative estimate of drug-likeness (QED) is 0.772. The molecule has 0 radical (unpaired) electrons. The summed E-state index contributed by atoms with van der Waals surface area (Å²) >= 11 is 0. The van der Waals surface area contributed by atoms with Crippen LogP contribution in [0.5, 0.6) is 0 Å². The Morgan fingerprint density at radius 2 is 2.19 bits per heavy atom. The minimum Gasteiger partial charge on any atom is -0.478 e. The van der Waals surface area contributed by atoms with Crippen LogP contribution >= 0.6 is 12.4 Å². The maximum atomic E-state index is 11.1. The van der Waals surface area contributed by atoms with Crippen LogP contribution in [0.1, 0.15) is 11.1 Å². The molecule has 1 aromatic carbocycles. The van der Waals surface area contributed by atoms with Gasteiger partial charge in [0.25, 0.3) is 0 Å². The lowest BCUT2D eigenvalue weighted by Gasteiger charge is -1.98. The molecule has 0 saturated heterocycles. The number of fused-ring (bicyclic) bond motifs is 1. The summed E-state index contributed by atoms with van der Waals surface area (Å²) in [6.45, 7) is 0. The molecule has 4 nitrogen and oxygen atoms in total. The van der Waals surface area contributed by atoms with Crippen molar-refractivity contribution in [3.05, 3.63) is 35.4 Å². The summed E-state index contributed by atoms with van der Waals surface area (Å²) in [6, 6.07) is 5.36. The zero-order valence-electron chi connectivity index (χ0n) is 8.27. The van der Waals surface area contributed by atoms with Crippen molar-refractivity contribution >= 4 is 36.0 Å². The first-order valence-corrected chi connectivity index (χ1v) is 4.49. The van der Waals surface area contributed by atoms with E-state index >= 15 is 0 Å². The summed E-state index contributed by atoms with van der Waals surface area (Å²) in [5.74, 6) is -1.01. The summed E-state index contributed by atoms with van der Waals surface area (Å²) < 4.78 is 0. The Hall–Kier alpha value is -1.81. The standard InChI is InChI=1S/C11H9NO3.ClH/c13-10-6-8-5-7(2-4-11(14)15)1-3-9(8)12-10;/h1-5H,6H2,(H,12,13)(H,14,15);1H. The van der Waals surface area contributed by atoms with E-state index in [1.807, 2.05) is 6.07 Å². The highest BCUT2D eigenvalue weighted by molar-refractivity contribution is 5.99. The highest BCUT2D eigenvalue weighted by atomic mass is 35.5. The third-order valence-corrected chi connectivity index (χ3v) is 2.17. The number of carboxylic acids is 1. The molecule has 0 aromatic heterocycles. The second-order valence-corrected chi connectivity index (χ2v) is 3.31. The van der Waals surface area contributed by atoms with Gasteiger partial charge in [0, 0.05) is 11.8 Å². The third kappa shape index (κ3) is 2.61. The first-order valence-electron chi connectivity index (χ1n) is 4.49. The zero-order valence-corrected chi connectivity index (χ0v) is 9.08. The van der Waals surface area contributed by atoms with Crippen LogP contribution in [0.3, 0.4) is 0 Å². The fourth-order valence-corrected chi connectivity index (χ4v) is 1.52. The van der Waals surface area contributed by atoms with E-state index in [9.17, 15) is 9.59 Å². The molecule has 0 saturated carbocycles. The van der Waals surface area contributed by atoms with Crippen LogP contribution < -0.4 is 5.32 Å². The van der Waals surface area contributed by atoms with E-state index in [0.29, 0.717) is 6.42 Å². The first-order chi connectivity index (χ1) is 7.15. The fourth-order valence-electron chi connectivity index (χ4n) is 1.52. The number of amides is 1. The van der Waals surface area contributed by atoms with E-state index in [-0.39, 0.29) is 18.3 Å². The van der Waals surface area contributed by atoms with Gasteiger partial charge in [0.1, 0.15) is 0 Å². The number of rotatable bonds is 2. The van der Waals surface area contributed by atoms with Gasteiger partial charge in [-0.3, -0.25) is 4.79 Å². The van der Waals surface area contributed by atoms with Crippen LogP contribution in [-0.2, 0) is 16.0 Å². The van der Waals surface area contributed by atoms with Gasteiger partial charge in [-0.25, -0.2) is 4.79 Å². The molecule has 0 bridgehead atoms. The molecule has 2 N–H and O–H groups in total. The van der Waals surface area contributed by atoms with Crippen molar-refractivity contribution in [3.8, 4) is 0 Å². The van der Waals surface area contributed by atoms with Crippen molar-refractivity contribution in [3.63, 3.8) is 0 Å². The average molecular weight is 240 g/mol. The zero-order chi connectivity index (χ0) is 10.8. The van der Waals surface area contributed by atoms with Crippen molar-refractivity contribution in [1.29, 1.82) is 0 Å². The van der Waals surface area contributed by atoms with E-state index in [1.54, 1.807) is 12.1 Å². The van der Waals surface area contributed by atoms with Gasteiger partial charge < -0.3 is 10.4 Å². The van der Waals surface area contributed by atoms with Gasteiger partial charge in [-0.1, -0.05) is 6.07 Å². The van der Waals surface area contributed by atoms with Gasteiger partial charge in [0.15, 0.2) is 0 Å². The number of nitrogens with one attached hydrogen (secondary N) is 1. The van der Waals surface area contributed by atoms with Gasteiger partial charge in [-0.05, 0) is 29.3 Å². The Balaban J connectivity index is 0.00000128. The predicted molar refractivity (Wildman–Crippen MR) is 62.7 cm³/mol. The van der Waals surface area contributed by atoms with Crippen molar-refractivity contribution in [2.45, 2.75) is 6.42 Å². The fraction of sp³-hybridized carbons (Fsp3) is 0.0909. The van der Waals surface area contributed by atoms with Crippen molar-refractivity contribution < 1.29 is 14.7 Å². The number of carbonyl (C=O) groups excluding carboxylic acids is 1. The molecule has 0 aliphatic carbocycles. The van der Waals surface area contributed by atoms with E-state index in [4.69, 9.17) is 5.11 Å². The summed E-state index contributed by atoms with van der Waals surface area (Å²) in [4.78, 5) is 21.4. The van der Waals surface area contributed by atoms with Crippen LogP contribution in [0.4, 0.5) is 5.69 Å². The van der Waals surface area contributed by atoms with Crippen LogP contribution in [0.15, 0.2) is 24.3 Å². The van der Waals surface area contributed by atoms with Crippen molar-refractivity contribution in [2.24, 2.45) is 0 Å². The van der Waals surface area contributed by atoms with Crippen molar-refractivity contribution in [1.82, 2.24) is 0 Å². The molecule has 0 fully saturated rings. The Bertz CT molecular complexity index is 468. The minimum atomic E-state index is -0.982. The predicted octanol–water partition coefficient (Wildman–Crippen LogP) is 1.70. The molecule has 1 aliphatic rings. The Labute approximate surface area is 98.4 Å². The highest BCUT2D eigenvalue weighted by Crippen LogP contribution is 2.24. The molecule has 0 unspecified atom stereocenters. The monoisotopic (exact) mass is 239 g/mol. The summed E-state index contributed by atoms with van der Waals surface area (Å²) in [5.41, 5.74) is 2.51. The second-order valence-electron chi connectivity index (χ2n) is 3.31. The molecule has 5 heteroatoms. The minimum absolute atomic E-state index is 0. The molecule has 1 heterocycles. The average Bonchev–Trinajstić information content (AvgIpc) is 2.53. The molecule has 16 heavy (non-hydrogen) atoms. The lowest BCUT2D eigenvalue weighted by molar-refractivity contribution is -0.131. The molecular weight excluding hydrogens is 230 g/mol. The number of anilines is 1. The number of benzene rings is 1. The van der Waals surface area contributed by atoms with Gasteiger partial charge in [-0.2, -0.15) is 0 Å². The maximum Gasteiger partial charge on any atom is 0.328 e. The van der Waals surface area contributed by atoms with E-state index in [2.05, 4.69) is 5.32 Å².